The van der Waals surface area contributed by atoms with Crippen molar-refractivity contribution in [3.05, 3.63) is 53.3 Å². The normalized spacial score (nSPS) is 11.3. The van der Waals surface area contributed by atoms with Crippen LogP contribution in [-0.2, 0) is 24.4 Å². The quantitative estimate of drug-likeness (QED) is 0.765. The summed E-state index contributed by atoms with van der Waals surface area (Å²) >= 11 is 0. The van der Waals surface area contributed by atoms with Gasteiger partial charge in [0.1, 0.15) is 5.60 Å². The van der Waals surface area contributed by atoms with Gasteiger partial charge in [-0.15, -0.1) is 0 Å². The van der Waals surface area contributed by atoms with Crippen LogP contribution in [0.5, 0.6) is 0 Å². The summed E-state index contributed by atoms with van der Waals surface area (Å²) < 4.78 is 5.20. The second-order valence-electron chi connectivity index (χ2n) is 6.36. The summed E-state index contributed by atoms with van der Waals surface area (Å²) in [7, 11) is 0. The molecule has 1 amide bonds. The third-order valence-electron chi connectivity index (χ3n) is 3.06. The van der Waals surface area contributed by atoms with Crippen molar-refractivity contribution in [3.8, 4) is 0 Å². The fourth-order valence-corrected chi connectivity index (χ4v) is 1.99. The van der Waals surface area contributed by atoms with E-state index < -0.39 is 11.7 Å². The molecule has 0 fully saturated rings. The molecule has 0 spiro atoms. The number of H-pyrrole nitrogens is 1. The first-order valence-corrected chi connectivity index (χ1v) is 7.66. The maximum absolute atomic E-state index is 11.6. The third-order valence-corrected chi connectivity index (χ3v) is 3.06. The maximum Gasteiger partial charge on any atom is 0.407 e. The van der Waals surface area contributed by atoms with E-state index >= 15 is 0 Å². The molecule has 23 heavy (non-hydrogen) atoms. The number of alkyl carbamates (subject to hydrolysis) is 1. The lowest BCUT2D eigenvalue weighted by molar-refractivity contribution is 0.0523. The van der Waals surface area contributed by atoms with Gasteiger partial charge >= 0.3 is 6.09 Å². The summed E-state index contributed by atoms with van der Waals surface area (Å²) in [6, 6.07) is 10.0. The van der Waals surface area contributed by atoms with Gasteiger partial charge in [-0.2, -0.15) is 5.10 Å². The molecule has 0 aliphatic heterocycles. The largest absolute Gasteiger partial charge is 0.444 e. The van der Waals surface area contributed by atoms with E-state index in [1.165, 1.54) is 5.56 Å². The molecule has 6 nitrogen and oxygen atoms in total. The van der Waals surface area contributed by atoms with E-state index in [0.717, 1.165) is 24.3 Å². The molecule has 0 saturated carbocycles. The first-order valence-electron chi connectivity index (χ1n) is 7.66. The van der Waals surface area contributed by atoms with Gasteiger partial charge in [0.2, 0.25) is 0 Å². The minimum Gasteiger partial charge on any atom is -0.444 e. The number of benzene rings is 1. The Morgan fingerprint density at radius 3 is 2.30 bits per heavy atom. The number of nitrogens with zero attached hydrogens (tertiary/aromatic N) is 1. The lowest BCUT2D eigenvalue weighted by atomic mass is 10.1. The summed E-state index contributed by atoms with van der Waals surface area (Å²) in [5.41, 5.74) is 2.80. The number of carbonyl (C=O) groups excluding carboxylic acids is 1. The molecule has 1 heterocycles. The van der Waals surface area contributed by atoms with Crippen molar-refractivity contribution in [2.24, 2.45) is 0 Å². The van der Waals surface area contributed by atoms with E-state index in [2.05, 4.69) is 20.8 Å². The van der Waals surface area contributed by atoms with E-state index in [9.17, 15) is 4.79 Å². The molecule has 0 unspecified atom stereocenters. The van der Waals surface area contributed by atoms with Crippen LogP contribution in [0.3, 0.4) is 0 Å². The molecular weight excluding hydrogens is 292 g/mol. The number of ether oxygens (including phenoxy) is 1. The van der Waals surface area contributed by atoms with Gasteiger partial charge in [-0.1, -0.05) is 24.3 Å². The van der Waals surface area contributed by atoms with Gasteiger partial charge in [-0.25, -0.2) is 4.79 Å². The average molecular weight is 316 g/mol. The second kappa shape index (κ2) is 7.78. The fourth-order valence-electron chi connectivity index (χ4n) is 1.99. The Bertz CT molecular complexity index is 601. The summed E-state index contributed by atoms with van der Waals surface area (Å²) in [4.78, 5) is 11.6. The molecule has 3 N–H and O–H groups in total. The number of rotatable bonds is 6. The highest BCUT2D eigenvalue weighted by Gasteiger charge is 2.15. The molecule has 0 aliphatic rings. The van der Waals surface area contributed by atoms with Crippen molar-refractivity contribution in [3.63, 3.8) is 0 Å². The van der Waals surface area contributed by atoms with Crippen molar-refractivity contribution in [2.75, 3.05) is 0 Å². The maximum atomic E-state index is 11.6. The fraction of sp³-hybridized carbons (Fsp3) is 0.412. The van der Waals surface area contributed by atoms with Gasteiger partial charge in [-0.05, 0) is 38.0 Å². The highest BCUT2D eigenvalue weighted by molar-refractivity contribution is 5.67. The summed E-state index contributed by atoms with van der Waals surface area (Å²) in [6.07, 6.45) is 1.34. The number of nitrogens with one attached hydrogen (secondary N) is 3. The van der Waals surface area contributed by atoms with Crippen molar-refractivity contribution < 1.29 is 9.53 Å². The zero-order valence-electron chi connectivity index (χ0n) is 13.8. The molecule has 2 aromatic rings. The van der Waals surface area contributed by atoms with Crippen LogP contribution in [0, 0.1) is 0 Å². The van der Waals surface area contributed by atoms with Crippen LogP contribution in [0.2, 0.25) is 0 Å². The van der Waals surface area contributed by atoms with Gasteiger partial charge < -0.3 is 15.4 Å². The van der Waals surface area contributed by atoms with E-state index in [4.69, 9.17) is 4.74 Å². The summed E-state index contributed by atoms with van der Waals surface area (Å²) in [5, 5.41) is 12.9. The summed E-state index contributed by atoms with van der Waals surface area (Å²) in [5.74, 6) is 0. The number of hydrogen-bond acceptors (Lipinski definition) is 4. The molecule has 0 radical (unpaired) electrons. The van der Waals surface area contributed by atoms with Crippen molar-refractivity contribution in [1.82, 2.24) is 20.8 Å². The molecule has 1 aromatic carbocycles. The molecule has 6 heteroatoms. The van der Waals surface area contributed by atoms with E-state index in [-0.39, 0.29) is 0 Å². The van der Waals surface area contributed by atoms with Gasteiger partial charge in [0, 0.05) is 31.5 Å². The first kappa shape index (κ1) is 17.0. The molecular formula is C17H24N4O2. The van der Waals surface area contributed by atoms with Crippen LogP contribution >= 0.6 is 0 Å². The molecule has 0 bridgehead atoms. The predicted octanol–water partition coefficient (Wildman–Crippen LogP) is 2.72. The van der Waals surface area contributed by atoms with Crippen LogP contribution in [0.1, 0.15) is 37.6 Å². The molecule has 1 aromatic heterocycles. The first-order chi connectivity index (χ1) is 10.9. The molecule has 124 valence electrons. The monoisotopic (exact) mass is 316 g/mol. The number of aromatic amines is 1. The van der Waals surface area contributed by atoms with E-state index in [1.807, 2.05) is 51.1 Å². The van der Waals surface area contributed by atoms with Gasteiger partial charge in [0.05, 0.1) is 0 Å². The topological polar surface area (TPSA) is 79.0 Å². The number of carbonyl (C=O) groups is 1. The van der Waals surface area contributed by atoms with Gasteiger partial charge in [0.15, 0.2) is 0 Å². The molecule has 0 aliphatic carbocycles. The van der Waals surface area contributed by atoms with Crippen LogP contribution in [0.4, 0.5) is 4.79 Å². The van der Waals surface area contributed by atoms with Crippen molar-refractivity contribution >= 4 is 6.09 Å². The third kappa shape index (κ3) is 6.52. The smallest absolute Gasteiger partial charge is 0.407 e. The highest BCUT2D eigenvalue weighted by Crippen LogP contribution is 2.08. The Labute approximate surface area is 136 Å². The zero-order valence-corrected chi connectivity index (χ0v) is 13.8. The van der Waals surface area contributed by atoms with Crippen LogP contribution in [0.25, 0.3) is 0 Å². The van der Waals surface area contributed by atoms with Crippen LogP contribution in [-0.4, -0.2) is 21.9 Å². The van der Waals surface area contributed by atoms with E-state index in [0.29, 0.717) is 6.54 Å². The Morgan fingerprint density at radius 2 is 1.74 bits per heavy atom. The lowest BCUT2D eigenvalue weighted by Crippen LogP contribution is -2.32. The minimum absolute atomic E-state index is 0.400. The molecule has 2 rings (SSSR count). The second-order valence-corrected chi connectivity index (χ2v) is 6.36. The zero-order chi connectivity index (χ0) is 16.7. The summed E-state index contributed by atoms with van der Waals surface area (Å²) in [6.45, 7) is 7.52. The molecule has 0 saturated heterocycles. The molecule has 0 atom stereocenters. The van der Waals surface area contributed by atoms with Crippen molar-refractivity contribution in [2.45, 2.75) is 46.0 Å². The van der Waals surface area contributed by atoms with E-state index in [1.54, 1.807) is 6.20 Å². The SMILES string of the molecule is CC(C)(C)OC(=O)NCc1ccc(CNCc2ccn[nH]2)cc1. The minimum atomic E-state index is -0.478. The Kier molecular flexibility index (Phi) is 5.76. The Hall–Kier alpha value is -2.34. The predicted molar refractivity (Wildman–Crippen MR) is 88.6 cm³/mol. The number of hydrogen-bond donors (Lipinski definition) is 3. The highest BCUT2D eigenvalue weighted by atomic mass is 16.6. The van der Waals surface area contributed by atoms with Gasteiger partial charge in [-0.3, -0.25) is 5.10 Å². The average Bonchev–Trinajstić information content (AvgIpc) is 2.98. The number of aromatic nitrogens is 2. The van der Waals surface area contributed by atoms with Crippen LogP contribution < -0.4 is 10.6 Å². The lowest BCUT2D eigenvalue weighted by Gasteiger charge is -2.19. The standard InChI is InChI=1S/C17H24N4O2/c1-17(2,3)23-16(22)19-11-14-6-4-13(5-7-14)10-18-12-15-8-9-20-21-15/h4-9,18H,10-12H2,1-3H3,(H,19,22)(H,20,21). The Balaban J connectivity index is 1.72. The van der Waals surface area contributed by atoms with Crippen molar-refractivity contribution in [1.29, 1.82) is 0 Å². The Morgan fingerprint density at radius 1 is 1.09 bits per heavy atom. The number of amides is 1. The van der Waals surface area contributed by atoms with Gasteiger partial charge in [0.25, 0.3) is 0 Å². The van der Waals surface area contributed by atoms with Crippen LogP contribution in [0.15, 0.2) is 36.5 Å².